The van der Waals surface area contributed by atoms with Crippen LogP contribution in [0.5, 0.6) is 11.5 Å². The fraction of sp³-hybridized carbons (Fsp3) is 0.462. The Kier molecular flexibility index (Phi) is 3.09. The number of rotatable bonds is 3. The van der Waals surface area contributed by atoms with Crippen molar-refractivity contribution in [3.8, 4) is 17.6 Å². The van der Waals surface area contributed by atoms with Crippen molar-refractivity contribution >= 4 is 0 Å². The molecular formula is C13H12F3NO2. The van der Waals surface area contributed by atoms with Crippen molar-refractivity contribution in [2.45, 2.75) is 24.4 Å². The lowest BCUT2D eigenvalue weighted by Gasteiger charge is -2.19. The molecule has 0 atom stereocenters. The third-order valence-electron chi connectivity index (χ3n) is 3.28. The zero-order valence-electron chi connectivity index (χ0n) is 10.5. The van der Waals surface area contributed by atoms with Crippen LogP contribution in [0.15, 0.2) is 12.1 Å². The van der Waals surface area contributed by atoms with Crippen LogP contribution in [0.1, 0.15) is 24.0 Å². The maximum absolute atomic E-state index is 12.8. The Balaban J connectivity index is 2.65. The second-order valence-corrected chi connectivity index (χ2v) is 4.45. The molecule has 102 valence electrons. The first kappa shape index (κ1) is 13.5. The van der Waals surface area contributed by atoms with Gasteiger partial charge in [-0.3, -0.25) is 0 Å². The highest BCUT2D eigenvalue weighted by Gasteiger charge is 2.49. The monoisotopic (exact) mass is 271 g/mol. The topological polar surface area (TPSA) is 42.2 Å². The van der Waals surface area contributed by atoms with Gasteiger partial charge < -0.3 is 9.47 Å². The van der Waals surface area contributed by atoms with Gasteiger partial charge in [0.15, 0.2) is 0 Å². The van der Waals surface area contributed by atoms with E-state index in [1.807, 2.05) is 0 Å². The predicted octanol–water partition coefficient (Wildman–Crippen LogP) is 3.28. The van der Waals surface area contributed by atoms with Gasteiger partial charge in [-0.1, -0.05) is 0 Å². The number of hydrogen-bond donors (Lipinski definition) is 0. The molecule has 6 heteroatoms. The Labute approximate surface area is 108 Å². The predicted molar refractivity (Wildman–Crippen MR) is 61.1 cm³/mol. The van der Waals surface area contributed by atoms with E-state index >= 15 is 0 Å². The first-order valence-electron chi connectivity index (χ1n) is 5.63. The van der Waals surface area contributed by atoms with E-state index in [0.29, 0.717) is 18.4 Å². The molecule has 1 aromatic carbocycles. The standard InChI is InChI=1S/C13H12F3NO2/c1-18-9-5-8(13(14,15)16)6-10(19-2)11(9)12(7-17)3-4-12/h5-6H,3-4H2,1-2H3. The normalized spacial score (nSPS) is 16.6. The molecule has 0 bridgehead atoms. The summed E-state index contributed by atoms with van der Waals surface area (Å²) in [5.41, 5.74) is -1.22. The Morgan fingerprint density at radius 1 is 1.16 bits per heavy atom. The van der Waals surface area contributed by atoms with Crippen molar-refractivity contribution in [3.63, 3.8) is 0 Å². The third-order valence-corrected chi connectivity index (χ3v) is 3.28. The number of alkyl halides is 3. The molecule has 0 saturated heterocycles. The number of methoxy groups -OCH3 is 2. The van der Waals surface area contributed by atoms with Gasteiger partial charge in [-0.2, -0.15) is 18.4 Å². The highest BCUT2D eigenvalue weighted by Crippen LogP contribution is 2.55. The average molecular weight is 271 g/mol. The van der Waals surface area contributed by atoms with Crippen LogP contribution in [0.3, 0.4) is 0 Å². The highest BCUT2D eigenvalue weighted by molar-refractivity contribution is 5.58. The summed E-state index contributed by atoms with van der Waals surface area (Å²) in [6.45, 7) is 0. The molecule has 3 nitrogen and oxygen atoms in total. The Hall–Kier alpha value is -1.90. The van der Waals surface area contributed by atoms with Gasteiger partial charge >= 0.3 is 6.18 Å². The van der Waals surface area contributed by atoms with Crippen LogP contribution in [0.4, 0.5) is 13.2 Å². The van der Waals surface area contributed by atoms with Gasteiger partial charge in [-0.25, -0.2) is 0 Å². The van der Waals surface area contributed by atoms with E-state index < -0.39 is 17.2 Å². The molecule has 1 aromatic rings. The minimum Gasteiger partial charge on any atom is -0.496 e. The number of ether oxygens (including phenoxy) is 2. The molecule has 19 heavy (non-hydrogen) atoms. The van der Waals surface area contributed by atoms with E-state index in [1.165, 1.54) is 14.2 Å². The molecule has 1 fully saturated rings. The Bertz CT molecular complexity index is 517. The molecule has 0 unspecified atom stereocenters. The van der Waals surface area contributed by atoms with Gasteiger partial charge in [-0.15, -0.1) is 0 Å². The lowest BCUT2D eigenvalue weighted by molar-refractivity contribution is -0.137. The van der Waals surface area contributed by atoms with Crippen molar-refractivity contribution in [2.75, 3.05) is 14.2 Å². The van der Waals surface area contributed by atoms with Crippen molar-refractivity contribution < 1.29 is 22.6 Å². The first-order chi connectivity index (χ1) is 8.88. The third kappa shape index (κ3) is 2.21. The lowest BCUT2D eigenvalue weighted by Crippen LogP contribution is -2.12. The Morgan fingerprint density at radius 3 is 1.89 bits per heavy atom. The fourth-order valence-electron chi connectivity index (χ4n) is 2.09. The van der Waals surface area contributed by atoms with Gasteiger partial charge in [0.2, 0.25) is 0 Å². The molecule has 0 N–H and O–H groups in total. The largest absolute Gasteiger partial charge is 0.496 e. The van der Waals surface area contributed by atoms with Crippen molar-refractivity contribution in [1.82, 2.24) is 0 Å². The summed E-state index contributed by atoms with van der Waals surface area (Å²) >= 11 is 0. The summed E-state index contributed by atoms with van der Waals surface area (Å²) in [6, 6.07) is 3.96. The van der Waals surface area contributed by atoms with E-state index in [9.17, 15) is 18.4 Å². The number of halogens is 3. The maximum Gasteiger partial charge on any atom is 0.416 e. The van der Waals surface area contributed by atoms with E-state index in [1.54, 1.807) is 0 Å². The van der Waals surface area contributed by atoms with Gasteiger partial charge in [0.25, 0.3) is 0 Å². The highest BCUT2D eigenvalue weighted by atomic mass is 19.4. The van der Waals surface area contributed by atoms with E-state index in [4.69, 9.17) is 9.47 Å². The molecule has 0 aromatic heterocycles. The summed E-state index contributed by atoms with van der Waals surface area (Å²) in [5.74, 6) is 0.0939. The maximum atomic E-state index is 12.8. The zero-order chi connectivity index (χ0) is 14.3. The molecule has 0 radical (unpaired) electrons. The quantitative estimate of drug-likeness (QED) is 0.847. The molecule has 0 amide bonds. The van der Waals surface area contributed by atoms with Crippen LogP contribution in [0.2, 0.25) is 0 Å². The summed E-state index contributed by atoms with van der Waals surface area (Å²) in [4.78, 5) is 0. The van der Waals surface area contributed by atoms with E-state index in [2.05, 4.69) is 6.07 Å². The number of benzene rings is 1. The second kappa shape index (κ2) is 4.34. The van der Waals surface area contributed by atoms with Crippen LogP contribution in [0.25, 0.3) is 0 Å². The van der Waals surface area contributed by atoms with Gasteiger partial charge in [0.05, 0.1) is 36.8 Å². The van der Waals surface area contributed by atoms with Crippen LogP contribution in [-0.2, 0) is 11.6 Å². The first-order valence-corrected chi connectivity index (χ1v) is 5.63. The summed E-state index contributed by atoms with van der Waals surface area (Å²) in [6.07, 6.45) is -3.29. The number of hydrogen-bond acceptors (Lipinski definition) is 3. The van der Waals surface area contributed by atoms with Crippen LogP contribution >= 0.6 is 0 Å². The molecule has 1 aliphatic rings. The molecule has 2 rings (SSSR count). The lowest BCUT2D eigenvalue weighted by atomic mass is 9.94. The summed E-state index contributed by atoms with van der Waals surface area (Å²) in [7, 11) is 2.57. The zero-order valence-corrected chi connectivity index (χ0v) is 10.5. The minimum atomic E-state index is -4.48. The van der Waals surface area contributed by atoms with Crippen molar-refractivity contribution in [3.05, 3.63) is 23.3 Å². The summed E-state index contributed by atoms with van der Waals surface area (Å²) < 4.78 is 48.4. The van der Waals surface area contributed by atoms with Crippen LogP contribution < -0.4 is 9.47 Å². The molecule has 0 heterocycles. The van der Waals surface area contributed by atoms with Gasteiger partial charge in [0.1, 0.15) is 11.5 Å². The van der Waals surface area contributed by atoms with E-state index in [0.717, 1.165) is 12.1 Å². The molecule has 0 aliphatic heterocycles. The summed E-state index contributed by atoms with van der Waals surface area (Å²) in [5, 5.41) is 9.20. The van der Waals surface area contributed by atoms with Crippen molar-refractivity contribution in [2.24, 2.45) is 0 Å². The molecular weight excluding hydrogens is 259 g/mol. The fourth-order valence-corrected chi connectivity index (χ4v) is 2.09. The smallest absolute Gasteiger partial charge is 0.416 e. The van der Waals surface area contributed by atoms with Crippen LogP contribution in [-0.4, -0.2) is 14.2 Å². The Morgan fingerprint density at radius 2 is 1.63 bits per heavy atom. The van der Waals surface area contributed by atoms with Crippen molar-refractivity contribution in [1.29, 1.82) is 5.26 Å². The molecule has 0 spiro atoms. The van der Waals surface area contributed by atoms with Crippen LogP contribution in [0, 0.1) is 11.3 Å². The van der Waals surface area contributed by atoms with E-state index in [-0.39, 0.29) is 11.5 Å². The number of nitrogens with zero attached hydrogens (tertiary/aromatic N) is 1. The van der Waals surface area contributed by atoms with Gasteiger partial charge in [-0.05, 0) is 25.0 Å². The molecule has 1 saturated carbocycles. The van der Waals surface area contributed by atoms with Gasteiger partial charge in [0, 0.05) is 0 Å². The average Bonchev–Trinajstić information content (AvgIpc) is 3.16. The number of nitriles is 1. The molecule has 1 aliphatic carbocycles. The second-order valence-electron chi connectivity index (χ2n) is 4.45. The SMILES string of the molecule is COc1cc(C(F)(F)F)cc(OC)c1C1(C#N)CC1. The minimum absolute atomic E-state index is 0.0470.